The molecule has 0 saturated carbocycles. The van der Waals surface area contributed by atoms with E-state index in [1.807, 2.05) is 0 Å². The molecule has 98 valence electrons. The Labute approximate surface area is 110 Å². The van der Waals surface area contributed by atoms with Gasteiger partial charge < -0.3 is 0 Å². The molecule has 0 heterocycles. The van der Waals surface area contributed by atoms with Crippen molar-refractivity contribution in [3.8, 4) is 11.1 Å². The maximum atomic E-state index is 13.7. The van der Waals surface area contributed by atoms with Crippen LogP contribution < -0.4 is 0 Å². The van der Waals surface area contributed by atoms with Crippen LogP contribution in [0, 0.1) is 18.6 Å². The predicted molar refractivity (Wildman–Crippen MR) is 71.2 cm³/mol. The van der Waals surface area contributed by atoms with Crippen molar-refractivity contribution < 1.29 is 13.6 Å². The Bertz CT molecular complexity index is 615. The molecule has 0 radical (unpaired) electrons. The van der Waals surface area contributed by atoms with E-state index < -0.39 is 11.6 Å². The van der Waals surface area contributed by atoms with Gasteiger partial charge in [-0.25, -0.2) is 8.78 Å². The molecule has 0 spiro atoms. The zero-order valence-electron chi connectivity index (χ0n) is 10.8. The lowest BCUT2D eigenvalue weighted by Gasteiger charge is -2.07. The summed E-state index contributed by atoms with van der Waals surface area (Å²) in [7, 11) is 0. The lowest BCUT2D eigenvalue weighted by molar-refractivity contribution is 0.0988. The Morgan fingerprint density at radius 2 is 1.68 bits per heavy atom. The van der Waals surface area contributed by atoms with Gasteiger partial charge >= 0.3 is 0 Å². The van der Waals surface area contributed by atoms with Gasteiger partial charge in [-0.05, 0) is 24.1 Å². The third-order valence-corrected chi connectivity index (χ3v) is 3.09. The summed E-state index contributed by atoms with van der Waals surface area (Å²) in [5.41, 5.74) is 1.97. The van der Waals surface area contributed by atoms with Gasteiger partial charge in [0.1, 0.15) is 11.6 Å². The number of ketones is 1. The molecule has 0 unspecified atom stereocenters. The number of Topliss-reactive ketones (excluding diaryl/α,β-unsaturated/α-hetero) is 1. The summed E-state index contributed by atoms with van der Waals surface area (Å²) in [6.45, 7) is 3.38. The van der Waals surface area contributed by atoms with Gasteiger partial charge in [-0.3, -0.25) is 4.79 Å². The summed E-state index contributed by atoms with van der Waals surface area (Å²) in [4.78, 5) is 11.5. The number of benzene rings is 2. The average molecular weight is 260 g/mol. The van der Waals surface area contributed by atoms with Crippen molar-refractivity contribution in [2.24, 2.45) is 0 Å². The summed E-state index contributed by atoms with van der Waals surface area (Å²) in [6, 6.07) is 9.05. The molecule has 0 N–H and O–H groups in total. The van der Waals surface area contributed by atoms with Crippen LogP contribution in [-0.4, -0.2) is 5.78 Å². The first kappa shape index (κ1) is 13.4. The molecule has 0 aromatic heterocycles. The normalized spacial score (nSPS) is 10.5. The highest BCUT2D eigenvalue weighted by Gasteiger charge is 2.10. The first-order chi connectivity index (χ1) is 9.02. The SMILES string of the molecule is CCC(=O)c1ccc(-c2cc(C)c(F)cc2F)cc1. The molecule has 0 saturated heterocycles. The minimum atomic E-state index is -0.599. The molecule has 0 bridgehead atoms. The van der Waals surface area contributed by atoms with Crippen molar-refractivity contribution in [1.82, 2.24) is 0 Å². The highest BCUT2D eigenvalue weighted by molar-refractivity contribution is 5.96. The second-order valence-corrected chi connectivity index (χ2v) is 4.44. The molecule has 0 aliphatic rings. The van der Waals surface area contributed by atoms with E-state index in [9.17, 15) is 13.6 Å². The van der Waals surface area contributed by atoms with Gasteiger partial charge in [0.2, 0.25) is 0 Å². The molecule has 1 nitrogen and oxygen atoms in total. The summed E-state index contributed by atoms with van der Waals surface area (Å²) in [5, 5.41) is 0. The highest BCUT2D eigenvalue weighted by Crippen LogP contribution is 2.26. The van der Waals surface area contributed by atoms with Crippen molar-refractivity contribution in [2.75, 3.05) is 0 Å². The van der Waals surface area contributed by atoms with Crippen molar-refractivity contribution in [3.05, 3.63) is 59.2 Å². The third kappa shape index (κ3) is 2.70. The predicted octanol–water partition coefficient (Wildman–Crippen LogP) is 4.53. The van der Waals surface area contributed by atoms with E-state index in [2.05, 4.69) is 0 Å². The number of carbonyl (C=O) groups excluding carboxylic acids is 1. The van der Waals surface area contributed by atoms with Crippen molar-refractivity contribution in [3.63, 3.8) is 0 Å². The van der Waals surface area contributed by atoms with Crippen LogP contribution in [0.4, 0.5) is 8.78 Å². The summed E-state index contributed by atoms with van der Waals surface area (Å²) < 4.78 is 26.9. The second-order valence-electron chi connectivity index (χ2n) is 4.44. The highest BCUT2D eigenvalue weighted by atomic mass is 19.1. The van der Waals surface area contributed by atoms with Crippen LogP contribution in [0.25, 0.3) is 11.1 Å². The van der Waals surface area contributed by atoms with Crippen LogP contribution in [0.2, 0.25) is 0 Å². The van der Waals surface area contributed by atoms with Gasteiger partial charge in [-0.1, -0.05) is 31.2 Å². The number of hydrogen-bond acceptors (Lipinski definition) is 1. The topological polar surface area (TPSA) is 17.1 Å². The molecular formula is C16H14F2O. The van der Waals surface area contributed by atoms with Gasteiger partial charge in [0.05, 0.1) is 0 Å². The summed E-state index contributed by atoms with van der Waals surface area (Å²) >= 11 is 0. The van der Waals surface area contributed by atoms with Crippen LogP contribution >= 0.6 is 0 Å². The van der Waals surface area contributed by atoms with E-state index in [1.165, 1.54) is 6.07 Å². The number of rotatable bonds is 3. The van der Waals surface area contributed by atoms with E-state index in [1.54, 1.807) is 38.1 Å². The zero-order chi connectivity index (χ0) is 14.0. The average Bonchev–Trinajstić information content (AvgIpc) is 2.42. The molecular weight excluding hydrogens is 246 g/mol. The largest absolute Gasteiger partial charge is 0.294 e. The maximum Gasteiger partial charge on any atom is 0.162 e. The second kappa shape index (κ2) is 5.31. The van der Waals surface area contributed by atoms with Gasteiger partial charge in [-0.2, -0.15) is 0 Å². The Balaban J connectivity index is 2.43. The molecule has 19 heavy (non-hydrogen) atoms. The Hall–Kier alpha value is -2.03. The van der Waals surface area contributed by atoms with Crippen LogP contribution in [0.5, 0.6) is 0 Å². The smallest absolute Gasteiger partial charge is 0.162 e. The quantitative estimate of drug-likeness (QED) is 0.741. The Morgan fingerprint density at radius 1 is 1.05 bits per heavy atom. The number of hydrogen-bond donors (Lipinski definition) is 0. The molecule has 0 aliphatic heterocycles. The van der Waals surface area contributed by atoms with E-state index in [0.29, 0.717) is 28.7 Å². The lowest BCUT2D eigenvalue weighted by atomic mass is 10.00. The van der Waals surface area contributed by atoms with Crippen LogP contribution in [0.15, 0.2) is 36.4 Å². The van der Waals surface area contributed by atoms with Gasteiger partial charge in [0.25, 0.3) is 0 Å². The molecule has 0 amide bonds. The van der Waals surface area contributed by atoms with Gasteiger partial charge in [0.15, 0.2) is 5.78 Å². The molecule has 2 aromatic carbocycles. The maximum absolute atomic E-state index is 13.7. The van der Waals surface area contributed by atoms with Crippen LogP contribution in [-0.2, 0) is 0 Å². The van der Waals surface area contributed by atoms with Crippen molar-refractivity contribution in [2.45, 2.75) is 20.3 Å². The van der Waals surface area contributed by atoms with E-state index >= 15 is 0 Å². The first-order valence-corrected chi connectivity index (χ1v) is 6.12. The fourth-order valence-corrected chi connectivity index (χ4v) is 1.92. The van der Waals surface area contributed by atoms with E-state index in [0.717, 1.165) is 6.07 Å². The number of aryl methyl sites for hydroxylation is 1. The monoisotopic (exact) mass is 260 g/mol. The third-order valence-electron chi connectivity index (χ3n) is 3.09. The molecule has 2 rings (SSSR count). The fraction of sp³-hybridized carbons (Fsp3) is 0.188. The fourth-order valence-electron chi connectivity index (χ4n) is 1.92. The van der Waals surface area contributed by atoms with Crippen LogP contribution in [0.3, 0.4) is 0 Å². The first-order valence-electron chi connectivity index (χ1n) is 6.12. The molecule has 0 aliphatic carbocycles. The molecule has 2 aromatic rings. The minimum Gasteiger partial charge on any atom is -0.294 e. The number of carbonyl (C=O) groups is 1. The van der Waals surface area contributed by atoms with E-state index in [-0.39, 0.29) is 5.78 Å². The zero-order valence-corrected chi connectivity index (χ0v) is 10.8. The Kier molecular flexibility index (Phi) is 3.74. The van der Waals surface area contributed by atoms with Crippen molar-refractivity contribution >= 4 is 5.78 Å². The Morgan fingerprint density at radius 3 is 2.26 bits per heavy atom. The summed E-state index contributed by atoms with van der Waals surface area (Å²) in [6.07, 6.45) is 0.434. The number of halogens is 2. The molecule has 0 fully saturated rings. The standard InChI is InChI=1S/C16H14F2O/c1-3-16(19)12-6-4-11(5-7-12)13-8-10(2)14(17)9-15(13)18/h4-9H,3H2,1-2H3. The van der Waals surface area contributed by atoms with Crippen LogP contribution in [0.1, 0.15) is 29.3 Å². The molecule has 0 atom stereocenters. The minimum absolute atomic E-state index is 0.0438. The van der Waals surface area contributed by atoms with Gasteiger partial charge in [-0.15, -0.1) is 0 Å². The summed E-state index contributed by atoms with van der Waals surface area (Å²) in [5.74, 6) is -1.11. The van der Waals surface area contributed by atoms with Crippen molar-refractivity contribution in [1.29, 1.82) is 0 Å². The van der Waals surface area contributed by atoms with E-state index in [4.69, 9.17) is 0 Å². The van der Waals surface area contributed by atoms with Gasteiger partial charge in [0, 0.05) is 23.6 Å². The molecule has 3 heteroatoms. The lowest BCUT2D eigenvalue weighted by Crippen LogP contribution is -1.96.